The van der Waals surface area contributed by atoms with Gasteiger partial charge in [0.05, 0.1) is 6.20 Å². The number of carboxylic acids is 1. The first-order valence-corrected chi connectivity index (χ1v) is 14.0. The van der Waals surface area contributed by atoms with E-state index in [4.69, 9.17) is 4.74 Å². The Balaban J connectivity index is 1.87. The number of likely N-dealkylation sites (tertiary alicyclic amines) is 1. The van der Waals surface area contributed by atoms with E-state index in [9.17, 15) is 19.5 Å². The lowest BCUT2D eigenvalue weighted by atomic mass is 9.94. The van der Waals surface area contributed by atoms with Crippen molar-refractivity contribution in [3.8, 4) is 5.75 Å². The minimum Gasteiger partial charge on any atom is -0.480 e. The number of amides is 2. The fourth-order valence-electron chi connectivity index (χ4n) is 4.52. The predicted octanol–water partition coefficient (Wildman–Crippen LogP) is 4.42. The van der Waals surface area contributed by atoms with Crippen LogP contribution in [0.3, 0.4) is 0 Å². The second-order valence-electron chi connectivity index (χ2n) is 10.8. The summed E-state index contributed by atoms with van der Waals surface area (Å²) >= 11 is 0. The summed E-state index contributed by atoms with van der Waals surface area (Å²) in [5.41, 5.74) is 0.504. The lowest BCUT2D eigenvalue weighted by Crippen LogP contribution is -2.41. The molecule has 1 aliphatic heterocycles. The molecule has 218 valence electrons. The molecule has 2 heterocycles. The fraction of sp³-hybridized carbons (Fsp3) is 0.552. The first-order chi connectivity index (χ1) is 19.0. The number of aromatic nitrogens is 2. The van der Waals surface area contributed by atoms with E-state index < -0.39 is 17.4 Å². The van der Waals surface area contributed by atoms with Gasteiger partial charge in [-0.25, -0.2) is 14.6 Å². The molecule has 1 aromatic heterocycles. The maximum atomic E-state index is 13.3. The van der Waals surface area contributed by atoms with Crippen molar-refractivity contribution in [2.45, 2.75) is 66.8 Å². The highest BCUT2D eigenvalue weighted by atomic mass is 16.6. The van der Waals surface area contributed by atoms with E-state index in [-0.39, 0.29) is 24.2 Å². The fourth-order valence-corrected chi connectivity index (χ4v) is 4.52. The molecule has 0 radical (unpaired) electrons. The number of aliphatic carboxylic acids is 1. The second-order valence-corrected chi connectivity index (χ2v) is 10.8. The summed E-state index contributed by atoms with van der Waals surface area (Å²) in [7, 11) is 0. The average molecular weight is 555 g/mol. The van der Waals surface area contributed by atoms with E-state index in [1.54, 1.807) is 40.3 Å². The van der Waals surface area contributed by atoms with Crippen LogP contribution in [-0.4, -0.2) is 76.7 Å². The Hall–Kier alpha value is -3.89. The number of nitrogens with zero attached hydrogens (tertiary/aromatic N) is 5. The molecule has 2 N–H and O–H groups in total. The van der Waals surface area contributed by atoms with Gasteiger partial charge in [-0.2, -0.15) is 4.98 Å². The molecule has 3 rings (SSSR count). The quantitative estimate of drug-likeness (QED) is 0.415. The molecule has 0 spiro atoms. The number of carboxylic acid groups (broad SMARTS) is 1. The van der Waals surface area contributed by atoms with Gasteiger partial charge in [-0.3, -0.25) is 4.79 Å². The van der Waals surface area contributed by atoms with E-state index >= 15 is 0 Å². The lowest BCUT2D eigenvalue weighted by Gasteiger charge is -2.31. The molecule has 11 nitrogen and oxygen atoms in total. The van der Waals surface area contributed by atoms with Gasteiger partial charge in [-0.1, -0.05) is 32.9 Å². The van der Waals surface area contributed by atoms with E-state index in [1.807, 2.05) is 46.4 Å². The summed E-state index contributed by atoms with van der Waals surface area (Å²) in [6.45, 7) is 14.4. The minimum absolute atomic E-state index is 0.122. The molecule has 2 aromatic rings. The van der Waals surface area contributed by atoms with Crippen LogP contribution in [-0.2, 0) is 16.0 Å². The van der Waals surface area contributed by atoms with Crippen LogP contribution in [0.25, 0.3) is 0 Å². The number of carbonyl (C=O) groups excluding carboxylic acids is 2. The van der Waals surface area contributed by atoms with Gasteiger partial charge in [0, 0.05) is 44.6 Å². The first-order valence-electron chi connectivity index (χ1n) is 14.0. The predicted molar refractivity (Wildman–Crippen MR) is 155 cm³/mol. The van der Waals surface area contributed by atoms with Crippen LogP contribution < -0.4 is 19.9 Å². The topological polar surface area (TPSA) is 128 Å². The summed E-state index contributed by atoms with van der Waals surface area (Å²) in [6, 6.07) is 5.77. The molecule has 1 aliphatic rings. The molecular formula is C29H42N6O5. The Labute approximate surface area is 236 Å². The van der Waals surface area contributed by atoms with Crippen LogP contribution in [0.5, 0.6) is 5.75 Å². The standard InChI is InChI=1S/C29H42N6O5/c1-7-33(8-2)27-30-19-23(35(9-3)26(38)29(4,5)6)24(32-27)31-22(25(36)37)18-20-12-14-21(15-13-20)40-28(39)34-16-10-11-17-34/h12-15,19,22H,7-11,16-18H2,1-6H3,(H,36,37)(H,30,31,32). The van der Waals surface area contributed by atoms with Crippen LogP contribution in [0.4, 0.5) is 22.2 Å². The zero-order valence-corrected chi connectivity index (χ0v) is 24.4. The molecule has 40 heavy (non-hydrogen) atoms. The summed E-state index contributed by atoms with van der Waals surface area (Å²) in [5.74, 6) is -0.0580. The van der Waals surface area contributed by atoms with Crippen molar-refractivity contribution < 1.29 is 24.2 Å². The zero-order valence-electron chi connectivity index (χ0n) is 24.4. The number of benzene rings is 1. The molecule has 2 amide bonds. The Kier molecular flexibility index (Phi) is 10.3. The lowest BCUT2D eigenvalue weighted by molar-refractivity contribution is -0.137. The van der Waals surface area contributed by atoms with E-state index in [0.717, 1.165) is 18.4 Å². The third-order valence-electron chi connectivity index (χ3n) is 6.84. The van der Waals surface area contributed by atoms with E-state index in [2.05, 4.69) is 15.3 Å². The Morgan fingerprint density at radius 1 is 1.05 bits per heavy atom. The maximum Gasteiger partial charge on any atom is 0.415 e. The van der Waals surface area contributed by atoms with Gasteiger partial charge in [0.25, 0.3) is 0 Å². The van der Waals surface area contributed by atoms with Crippen molar-refractivity contribution in [1.29, 1.82) is 0 Å². The minimum atomic E-state index is -1.07. The third-order valence-corrected chi connectivity index (χ3v) is 6.84. The van der Waals surface area contributed by atoms with Crippen molar-refractivity contribution in [1.82, 2.24) is 14.9 Å². The first kappa shape index (κ1) is 30.6. The molecule has 1 fully saturated rings. The van der Waals surface area contributed by atoms with Gasteiger partial charge in [0.2, 0.25) is 11.9 Å². The van der Waals surface area contributed by atoms with Crippen molar-refractivity contribution in [2.75, 3.05) is 47.8 Å². The molecule has 1 saturated heterocycles. The second kappa shape index (κ2) is 13.5. The SMILES string of the molecule is CCN(CC)c1ncc(N(CC)C(=O)C(C)(C)C)c(NC(Cc2ccc(OC(=O)N3CCCC3)cc2)C(=O)O)n1. The number of hydrogen-bond acceptors (Lipinski definition) is 8. The summed E-state index contributed by atoms with van der Waals surface area (Å²) in [6.07, 6.45) is 3.30. The van der Waals surface area contributed by atoms with Crippen LogP contribution in [0, 0.1) is 5.41 Å². The molecule has 1 aromatic carbocycles. The molecule has 11 heteroatoms. The summed E-state index contributed by atoms with van der Waals surface area (Å²) < 4.78 is 5.46. The van der Waals surface area contributed by atoms with Gasteiger partial charge >= 0.3 is 12.1 Å². The van der Waals surface area contributed by atoms with Gasteiger partial charge in [0.1, 0.15) is 17.5 Å². The van der Waals surface area contributed by atoms with Crippen LogP contribution >= 0.6 is 0 Å². The van der Waals surface area contributed by atoms with Gasteiger partial charge < -0.3 is 29.9 Å². The normalized spacial score (nSPS) is 14.0. The van der Waals surface area contributed by atoms with Crippen molar-refractivity contribution in [3.05, 3.63) is 36.0 Å². The molecule has 0 bridgehead atoms. The van der Waals surface area contributed by atoms with Crippen LogP contribution in [0.15, 0.2) is 30.5 Å². The smallest absolute Gasteiger partial charge is 0.415 e. The van der Waals surface area contributed by atoms with Crippen LogP contribution in [0.1, 0.15) is 59.9 Å². The molecule has 1 atom stereocenters. The largest absolute Gasteiger partial charge is 0.480 e. The van der Waals surface area contributed by atoms with Gasteiger partial charge in [-0.15, -0.1) is 0 Å². The maximum absolute atomic E-state index is 13.3. The highest BCUT2D eigenvalue weighted by molar-refractivity contribution is 5.99. The van der Waals surface area contributed by atoms with Gasteiger partial charge in [0.15, 0.2) is 5.82 Å². The van der Waals surface area contributed by atoms with Crippen molar-refractivity contribution in [2.24, 2.45) is 5.41 Å². The molecule has 0 aliphatic carbocycles. The van der Waals surface area contributed by atoms with Crippen molar-refractivity contribution in [3.63, 3.8) is 0 Å². The zero-order chi connectivity index (χ0) is 29.4. The molecular weight excluding hydrogens is 512 g/mol. The number of ether oxygens (including phenoxy) is 1. The number of carbonyl (C=O) groups is 3. The van der Waals surface area contributed by atoms with Gasteiger partial charge in [-0.05, 0) is 51.3 Å². The Morgan fingerprint density at radius 3 is 2.20 bits per heavy atom. The summed E-state index contributed by atoms with van der Waals surface area (Å²) in [5, 5.41) is 13.2. The number of rotatable bonds is 11. The highest BCUT2D eigenvalue weighted by Gasteiger charge is 2.31. The number of hydrogen-bond donors (Lipinski definition) is 2. The van der Waals surface area contributed by atoms with E-state index in [1.165, 1.54) is 0 Å². The molecule has 0 saturated carbocycles. The Bertz CT molecular complexity index is 1170. The monoisotopic (exact) mass is 554 g/mol. The summed E-state index contributed by atoms with van der Waals surface area (Å²) in [4.78, 5) is 52.3. The number of nitrogens with one attached hydrogen (secondary N) is 1. The van der Waals surface area contributed by atoms with Crippen molar-refractivity contribution >= 4 is 35.4 Å². The third kappa shape index (κ3) is 7.61. The highest BCUT2D eigenvalue weighted by Crippen LogP contribution is 2.30. The average Bonchev–Trinajstić information content (AvgIpc) is 3.46. The van der Waals surface area contributed by atoms with Crippen LogP contribution in [0.2, 0.25) is 0 Å². The molecule has 1 unspecified atom stereocenters. The Morgan fingerprint density at radius 2 is 1.68 bits per heavy atom. The number of anilines is 3. The van der Waals surface area contributed by atoms with E-state index in [0.29, 0.717) is 50.1 Å².